The smallest absolute Gasteiger partial charge is 0.336 e. The lowest BCUT2D eigenvalue weighted by Crippen LogP contribution is -2.42. The topological polar surface area (TPSA) is 152 Å². The van der Waals surface area contributed by atoms with E-state index in [9.17, 15) is 19.5 Å². The lowest BCUT2D eigenvalue weighted by molar-refractivity contribution is -0.170. The Bertz CT molecular complexity index is 717. The van der Waals surface area contributed by atoms with E-state index in [4.69, 9.17) is 20.4 Å². The van der Waals surface area contributed by atoms with Crippen molar-refractivity contribution in [1.82, 2.24) is 0 Å². The van der Waals surface area contributed by atoms with Gasteiger partial charge in [-0.1, -0.05) is 77.6 Å². The van der Waals surface area contributed by atoms with Crippen LogP contribution in [0.5, 0.6) is 0 Å². The molecule has 32 heavy (non-hydrogen) atoms. The summed E-state index contributed by atoms with van der Waals surface area (Å²) in [5.74, 6) is -4.56. The third kappa shape index (κ3) is 9.78. The number of benzene rings is 1. The second-order valence-electron chi connectivity index (χ2n) is 8.46. The number of carbonyl (C=O) groups is 3. The van der Waals surface area contributed by atoms with Crippen LogP contribution in [-0.2, 0) is 20.0 Å². The first-order chi connectivity index (χ1) is 14.8. The number of rotatable bonds is 13. The van der Waals surface area contributed by atoms with Gasteiger partial charge in [-0.05, 0) is 29.9 Å². The lowest BCUT2D eigenvalue weighted by atomic mass is 9.79. The summed E-state index contributed by atoms with van der Waals surface area (Å²) < 4.78 is 0. The van der Waals surface area contributed by atoms with Gasteiger partial charge in [0, 0.05) is 0 Å². The second-order valence-corrected chi connectivity index (χ2v) is 8.46. The predicted octanol–water partition coefficient (Wildman–Crippen LogP) is 4.13. The van der Waals surface area contributed by atoms with Crippen LogP contribution in [0, 0.1) is 0 Å². The number of unbranched alkanes of at least 4 members (excludes halogenated alkanes) is 2. The summed E-state index contributed by atoms with van der Waals surface area (Å²) in [7, 11) is 0. The van der Waals surface area contributed by atoms with Crippen molar-refractivity contribution in [2.24, 2.45) is 0 Å². The Morgan fingerprint density at radius 2 is 1.28 bits per heavy atom. The van der Waals surface area contributed by atoms with Gasteiger partial charge in [-0.3, -0.25) is 9.59 Å². The molecule has 182 valence electrons. The average molecular weight is 455 g/mol. The van der Waals surface area contributed by atoms with Crippen molar-refractivity contribution in [3.05, 3.63) is 35.4 Å². The summed E-state index contributed by atoms with van der Waals surface area (Å²) in [6, 6.07) is 8.44. The standard InChI is InChI=1S/C18H30O.C6H8O7/c1-5-7-13-18(19,14-8-6-2)17-12-10-9-11-16(17)15(3)4;7-3(8)1-6(13,5(11)12)2-4(9)10/h9-12,15,19H,5-8,13-14H2,1-4H3;13H,1-2H2,(H,7,8)(H,9,10)(H,11,12). The van der Waals surface area contributed by atoms with E-state index in [0.717, 1.165) is 44.1 Å². The Hall–Kier alpha value is -2.45. The molecular formula is C24H38O8. The zero-order chi connectivity index (χ0) is 24.9. The third-order valence-electron chi connectivity index (χ3n) is 5.26. The summed E-state index contributed by atoms with van der Waals surface area (Å²) in [5.41, 5.74) is -0.908. The van der Waals surface area contributed by atoms with E-state index in [1.165, 1.54) is 5.56 Å². The SMILES string of the molecule is CCCCC(O)(CCCC)c1ccccc1C(C)C.O=C(O)CC(O)(CC(=O)O)C(=O)O. The number of aliphatic hydroxyl groups is 2. The Labute approximate surface area is 189 Å². The van der Waals surface area contributed by atoms with Gasteiger partial charge in [-0.25, -0.2) is 4.79 Å². The predicted molar refractivity (Wildman–Crippen MR) is 121 cm³/mol. The third-order valence-corrected chi connectivity index (χ3v) is 5.26. The van der Waals surface area contributed by atoms with Crippen LogP contribution in [-0.4, -0.2) is 49.0 Å². The molecule has 0 amide bonds. The summed E-state index contributed by atoms with van der Waals surface area (Å²) in [6.45, 7) is 8.79. The van der Waals surface area contributed by atoms with Crippen molar-refractivity contribution >= 4 is 17.9 Å². The highest BCUT2D eigenvalue weighted by atomic mass is 16.4. The minimum absolute atomic E-state index is 0.464. The molecule has 0 aliphatic heterocycles. The van der Waals surface area contributed by atoms with Crippen molar-refractivity contribution in [3.63, 3.8) is 0 Å². The Balaban J connectivity index is 0.000000649. The first-order valence-electron chi connectivity index (χ1n) is 11.0. The molecule has 0 radical (unpaired) electrons. The number of carboxylic acid groups (broad SMARTS) is 3. The summed E-state index contributed by atoms with van der Waals surface area (Å²) >= 11 is 0. The number of hydrogen-bond acceptors (Lipinski definition) is 5. The van der Waals surface area contributed by atoms with Crippen molar-refractivity contribution in [2.45, 2.75) is 96.2 Å². The van der Waals surface area contributed by atoms with Crippen molar-refractivity contribution < 1.29 is 39.9 Å². The van der Waals surface area contributed by atoms with Gasteiger partial charge in [0.05, 0.1) is 18.4 Å². The largest absolute Gasteiger partial charge is 0.481 e. The normalized spacial score (nSPS) is 11.6. The summed E-state index contributed by atoms with van der Waals surface area (Å²) in [4.78, 5) is 30.5. The maximum Gasteiger partial charge on any atom is 0.336 e. The zero-order valence-corrected chi connectivity index (χ0v) is 19.5. The van der Waals surface area contributed by atoms with E-state index in [1.54, 1.807) is 0 Å². The second kappa shape index (κ2) is 13.9. The molecule has 0 unspecified atom stereocenters. The van der Waals surface area contributed by atoms with E-state index in [0.29, 0.717) is 5.92 Å². The van der Waals surface area contributed by atoms with Crippen LogP contribution >= 0.6 is 0 Å². The van der Waals surface area contributed by atoms with Gasteiger partial charge in [0.1, 0.15) is 0 Å². The number of aliphatic carboxylic acids is 3. The number of hydrogen-bond donors (Lipinski definition) is 5. The Kier molecular flexibility index (Phi) is 12.8. The van der Waals surface area contributed by atoms with Crippen LogP contribution < -0.4 is 0 Å². The molecule has 5 N–H and O–H groups in total. The molecule has 8 nitrogen and oxygen atoms in total. The Morgan fingerprint density at radius 1 is 0.844 bits per heavy atom. The molecule has 0 bridgehead atoms. The lowest BCUT2D eigenvalue weighted by Gasteiger charge is -2.32. The fraction of sp³-hybridized carbons (Fsp3) is 0.625. The molecule has 0 spiro atoms. The molecular weight excluding hydrogens is 416 g/mol. The van der Waals surface area contributed by atoms with Crippen molar-refractivity contribution in [3.8, 4) is 0 Å². The molecule has 0 heterocycles. The number of carboxylic acids is 3. The molecule has 0 atom stereocenters. The highest BCUT2D eigenvalue weighted by Crippen LogP contribution is 2.37. The molecule has 0 aliphatic rings. The molecule has 1 rings (SSSR count). The van der Waals surface area contributed by atoms with Gasteiger partial charge in [-0.2, -0.15) is 0 Å². The highest BCUT2D eigenvalue weighted by Gasteiger charge is 2.40. The molecule has 0 saturated heterocycles. The molecule has 1 aromatic rings. The van der Waals surface area contributed by atoms with Crippen LogP contribution in [0.4, 0.5) is 0 Å². The molecule has 0 fully saturated rings. The quantitative estimate of drug-likeness (QED) is 0.298. The van der Waals surface area contributed by atoms with Crippen LogP contribution in [0.2, 0.25) is 0 Å². The first kappa shape index (κ1) is 29.5. The Morgan fingerprint density at radius 3 is 1.62 bits per heavy atom. The fourth-order valence-corrected chi connectivity index (χ4v) is 3.47. The molecule has 8 heteroatoms. The zero-order valence-electron chi connectivity index (χ0n) is 19.5. The first-order valence-corrected chi connectivity index (χ1v) is 11.0. The van der Waals surface area contributed by atoms with Gasteiger partial charge < -0.3 is 25.5 Å². The van der Waals surface area contributed by atoms with Gasteiger partial charge in [0.2, 0.25) is 0 Å². The maximum atomic E-state index is 11.2. The van der Waals surface area contributed by atoms with E-state index in [1.807, 2.05) is 0 Å². The van der Waals surface area contributed by atoms with Crippen molar-refractivity contribution in [1.29, 1.82) is 0 Å². The van der Waals surface area contributed by atoms with Crippen molar-refractivity contribution in [2.75, 3.05) is 0 Å². The van der Waals surface area contributed by atoms with E-state index >= 15 is 0 Å². The molecule has 0 saturated carbocycles. The average Bonchev–Trinajstić information content (AvgIpc) is 2.70. The molecule has 0 aliphatic carbocycles. The summed E-state index contributed by atoms with van der Waals surface area (Å²) in [6.07, 6.45) is 3.93. The van der Waals surface area contributed by atoms with Gasteiger partial charge >= 0.3 is 17.9 Å². The maximum absolute atomic E-state index is 11.2. The highest BCUT2D eigenvalue weighted by molar-refractivity contribution is 5.88. The van der Waals surface area contributed by atoms with E-state index < -0.39 is 42.0 Å². The van der Waals surface area contributed by atoms with Gasteiger partial charge in [0.15, 0.2) is 5.60 Å². The van der Waals surface area contributed by atoms with Crippen LogP contribution in [0.3, 0.4) is 0 Å². The van der Waals surface area contributed by atoms with E-state index in [-0.39, 0.29) is 0 Å². The van der Waals surface area contributed by atoms with Crippen LogP contribution in [0.1, 0.15) is 96.1 Å². The van der Waals surface area contributed by atoms with Crippen LogP contribution in [0.15, 0.2) is 24.3 Å². The minimum atomic E-state index is -2.74. The monoisotopic (exact) mass is 454 g/mol. The fourth-order valence-electron chi connectivity index (χ4n) is 3.47. The molecule has 1 aromatic carbocycles. The van der Waals surface area contributed by atoms with E-state index in [2.05, 4.69) is 52.0 Å². The summed E-state index contributed by atoms with van der Waals surface area (Å²) in [5, 5.41) is 45.0. The van der Waals surface area contributed by atoms with Gasteiger partial charge in [-0.15, -0.1) is 0 Å². The minimum Gasteiger partial charge on any atom is -0.481 e. The van der Waals surface area contributed by atoms with Gasteiger partial charge in [0.25, 0.3) is 0 Å². The van der Waals surface area contributed by atoms with Crippen LogP contribution in [0.25, 0.3) is 0 Å². The molecule has 0 aromatic heterocycles.